The van der Waals surface area contributed by atoms with Crippen LogP contribution in [0.25, 0.3) is 22.3 Å². The van der Waals surface area contributed by atoms with Gasteiger partial charge in [0, 0.05) is 0 Å². The molecule has 0 bridgehead atoms. The summed E-state index contributed by atoms with van der Waals surface area (Å²) >= 11 is 0. The van der Waals surface area contributed by atoms with Crippen molar-refractivity contribution in [3.8, 4) is 0 Å². The lowest BCUT2D eigenvalue weighted by Crippen LogP contribution is -2.36. The standard InChI is InChI=1S/C19H22N10O14P2/c20-18-24-11-5(13(32)26-18)22-2-28(11)15-7(30)9-4(39-15)1-38-44(34,35)42-10-8(31)16(40-17(10)43-45(36,37)41-9)29-3-23-6-12(29)25-19(21)27-14(6)33/h2-4,7-10,15-17,30-31H,1H2,(H,34,35)(H,36,37)(H3,20,24,26,32)(H3,21,25,27,33)/t4-,7?,8?,9?,10?,15-,16-,17-/m1/s1. The predicted octanol–water partition coefficient (Wildman–Crippen LogP) is -3.09. The van der Waals surface area contributed by atoms with Crippen LogP contribution in [0.2, 0.25) is 0 Å². The smallest absolute Gasteiger partial charge is 0.386 e. The summed E-state index contributed by atoms with van der Waals surface area (Å²) in [6.45, 7) is -0.870. The number of nitrogens with two attached hydrogens (primary N) is 2. The molecule has 0 amide bonds. The first-order valence-electron chi connectivity index (χ1n) is 12.7. The van der Waals surface area contributed by atoms with Gasteiger partial charge in [0.05, 0.1) is 19.3 Å². The van der Waals surface area contributed by atoms with Crippen LogP contribution in [-0.4, -0.2) is 102 Å². The second kappa shape index (κ2) is 10.4. The van der Waals surface area contributed by atoms with Gasteiger partial charge >= 0.3 is 15.6 Å². The molecule has 242 valence electrons. The number of hydrogen-bond donors (Lipinski definition) is 8. The summed E-state index contributed by atoms with van der Waals surface area (Å²) in [5.41, 5.74) is 9.09. The number of imidazole rings is 2. The number of ether oxygens (including phenoxy) is 2. The first kappa shape index (κ1) is 30.0. The number of nitrogen functional groups attached to an aromatic ring is 2. The molecule has 7 rings (SSSR count). The van der Waals surface area contributed by atoms with Crippen molar-refractivity contribution >= 4 is 49.9 Å². The highest BCUT2D eigenvalue weighted by molar-refractivity contribution is 7.47. The van der Waals surface area contributed by atoms with Gasteiger partial charge in [0.15, 0.2) is 40.9 Å². The van der Waals surface area contributed by atoms with Gasteiger partial charge in [-0.2, -0.15) is 9.97 Å². The highest BCUT2D eigenvalue weighted by Gasteiger charge is 2.56. The highest BCUT2D eigenvalue weighted by atomic mass is 31.2. The van der Waals surface area contributed by atoms with Crippen LogP contribution in [0.3, 0.4) is 0 Å². The van der Waals surface area contributed by atoms with E-state index in [4.69, 9.17) is 39.0 Å². The molecule has 10 N–H and O–H groups in total. The lowest BCUT2D eigenvalue weighted by atomic mass is 10.1. The largest absolute Gasteiger partial charge is 0.475 e. The summed E-state index contributed by atoms with van der Waals surface area (Å²) in [5, 5.41) is 22.2. The van der Waals surface area contributed by atoms with Crippen LogP contribution in [0.5, 0.6) is 0 Å². The minimum atomic E-state index is -5.32. The number of hydrogen-bond acceptors (Lipinski definition) is 18. The Hall–Kier alpha value is -3.64. The van der Waals surface area contributed by atoms with E-state index in [2.05, 4.69) is 29.9 Å². The van der Waals surface area contributed by atoms with E-state index >= 15 is 0 Å². The Morgan fingerprint density at radius 2 is 1.31 bits per heavy atom. The molecule has 0 aliphatic carbocycles. The Kier molecular flexibility index (Phi) is 6.97. The number of phosphoric acid groups is 2. The van der Waals surface area contributed by atoms with Crippen molar-refractivity contribution < 1.29 is 56.7 Å². The van der Waals surface area contributed by atoms with Crippen LogP contribution in [0.1, 0.15) is 12.5 Å². The minimum Gasteiger partial charge on any atom is -0.386 e. The number of aliphatic hydroxyl groups excluding tert-OH is 2. The van der Waals surface area contributed by atoms with Gasteiger partial charge in [-0.1, -0.05) is 0 Å². The normalized spacial score (nSPS) is 37.4. The predicted molar refractivity (Wildman–Crippen MR) is 141 cm³/mol. The van der Waals surface area contributed by atoms with Gasteiger partial charge < -0.3 is 40.9 Å². The minimum absolute atomic E-state index is 0.131. The molecule has 3 saturated heterocycles. The van der Waals surface area contributed by atoms with Gasteiger partial charge in [0.1, 0.15) is 24.4 Å². The Morgan fingerprint density at radius 1 is 0.800 bits per heavy atom. The van der Waals surface area contributed by atoms with Gasteiger partial charge in [-0.25, -0.2) is 19.1 Å². The number of nitrogens with zero attached hydrogens (tertiary/aromatic N) is 6. The molecule has 6 unspecified atom stereocenters. The van der Waals surface area contributed by atoms with E-state index in [-0.39, 0.29) is 34.2 Å². The van der Waals surface area contributed by atoms with Crippen molar-refractivity contribution in [2.45, 2.75) is 49.3 Å². The summed E-state index contributed by atoms with van der Waals surface area (Å²) in [6.07, 6.45) is -12.2. The molecule has 4 aromatic heterocycles. The van der Waals surface area contributed by atoms with Crippen molar-refractivity contribution in [3.05, 3.63) is 33.4 Å². The van der Waals surface area contributed by atoms with Gasteiger partial charge in [-0.3, -0.25) is 46.8 Å². The number of aromatic amines is 2. The summed E-state index contributed by atoms with van der Waals surface area (Å²) in [7, 11) is -10.5. The number of fused-ring (bicyclic) bond motifs is 4. The molecule has 4 aromatic rings. The van der Waals surface area contributed by atoms with Gasteiger partial charge in [0.25, 0.3) is 11.1 Å². The third-order valence-corrected chi connectivity index (χ3v) is 9.05. The van der Waals surface area contributed by atoms with E-state index in [1.165, 1.54) is 0 Å². The number of aromatic nitrogens is 8. The van der Waals surface area contributed by atoms with Gasteiger partial charge in [-0.05, 0) is 0 Å². The van der Waals surface area contributed by atoms with Crippen molar-refractivity contribution in [2.75, 3.05) is 18.1 Å². The van der Waals surface area contributed by atoms with E-state index in [1.54, 1.807) is 0 Å². The third kappa shape index (κ3) is 5.15. The van der Waals surface area contributed by atoms with Crippen LogP contribution in [0, 0.1) is 0 Å². The maximum absolute atomic E-state index is 13.2. The molecule has 7 heterocycles. The molecule has 24 nitrogen and oxygen atoms in total. The summed E-state index contributed by atoms with van der Waals surface area (Å²) in [6, 6.07) is 0. The van der Waals surface area contributed by atoms with E-state index in [9.17, 15) is 38.7 Å². The lowest BCUT2D eigenvalue weighted by molar-refractivity contribution is -0.137. The fourth-order valence-corrected chi connectivity index (χ4v) is 7.16. The molecule has 3 aliphatic rings. The van der Waals surface area contributed by atoms with Crippen LogP contribution in [0.4, 0.5) is 11.9 Å². The molecule has 26 heteroatoms. The molecule has 0 saturated carbocycles. The molecule has 45 heavy (non-hydrogen) atoms. The zero-order valence-electron chi connectivity index (χ0n) is 22.1. The molecule has 0 spiro atoms. The van der Waals surface area contributed by atoms with Crippen molar-refractivity contribution in [1.82, 2.24) is 39.0 Å². The van der Waals surface area contributed by atoms with Gasteiger partial charge in [0.2, 0.25) is 18.2 Å². The maximum atomic E-state index is 13.2. The Balaban J connectivity index is 1.21. The van der Waals surface area contributed by atoms with Gasteiger partial charge in [-0.15, -0.1) is 0 Å². The van der Waals surface area contributed by atoms with E-state index < -0.39 is 82.6 Å². The quantitative estimate of drug-likeness (QED) is 0.0975. The molecular weight excluding hydrogens is 654 g/mol. The van der Waals surface area contributed by atoms with Crippen LogP contribution >= 0.6 is 15.6 Å². The average Bonchev–Trinajstić information content (AvgIpc) is 3.69. The zero-order valence-corrected chi connectivity index (χ0v) is 23.9. The topological polar surface area (TPSA) is 350 Å². The number of nitrogens with one attached hydrogen (secondary N) is 2. The molecule has 3 fully saturated rings. The Bertz CT molecular complexity index is 2030. The maximum Gasteiger partial charge on any atom is 0.475 e. The zero-order chi connectivity index (χ0) is 32.0. The van der Waals surface area contributed by atoms with Crippen molar-refractivity contribution in [1.29, 1.82) is 0 Å². The average molecular weight is 676 g/mol. The Morgan fingerprint density at radius 3 is 1.89 bits per heavy atom. The summed E-state index contributed by atoms with van der Waals surface area (Å²) in [5.74, 6) is -0.601. The summed E-state index contributed by atoms with van der Waals surface area (Å²) < 4.78 is 60.1. The second-order valence-electron chi connectivity index (χ2n) is 9.97. The summed E-state index contributed by atoms with van der Waals surface area (Å²) in [4.78, 5) is 65.8. The molecule has 0 aromatic carbocycles. The number of aliphatic hydroxyl groups is 2. The SMILES string of the molecule is Nc1nc2c(ncn2[C@@H]2O[C@@H]3OP(=O)(O)OC4C(O)[C@H](n5cnc6c(=O)[nH]c(N)nc65)O[C@@H]4COP(=O)(O)OC3C2O)c(=O)[nH]1. The second-order valence-corrected chi connectivity index (χ2v) is 12.7. The first-order chi connectivity index (χ1) is 21.2. The molecule has 3 aliphatic heterocycles. The fraction of sp³-hybridized carbons (Fsp3) is 0.474. The van der Waals surface area contributed by atoms with Crippen molar-refractivity contribution in [2.24, 2.45) is 0 Å². The van der Waals surface area contributed by atoms with E-state index in [1.807, 2.05) is 0 Å². The number of rotatable bonds is 2. The first-order valence-corrected chi connectivity index (χ1v) is 15.7. The molecule has 10 atom stereocenters. The van der Waals surface area contributed by atoms with Crippen LogP contribution < -0.4 is 22.6 Å². The van der Waals surface area contributed by atoms with Crippen LogP contribution in [0.15, 0.2) is 22.2 Å². The fourth-order valence-electron chi connectivity index (χ4n) is 5.18. The lowest BCUT2D eigenvalue weighted by Gasteiger charge is -2.24. The number of phosphoric ester groups is 2. The monoisotopic (exact) mass is 676 g/mol. The highest BCUT2D eigenvalue weighted by Crippen LogP contribution is 2.56. The molecule has 0 radical (unpaired) electrons. The molecular formula is C19H22N10O14P2. The number of H-pyrrole nitrogens is 2. The van der Waals surface area contributed by atoms with E-state index in [0.29, 0.717) is 0 Å². The number of anilines is 2. The van der Waals surface area contributed by atoms with Crippen molar-refractivity contribution in [3.63, 3.8) is 0 Å². The Labute approximate surface area is 246 Å². The third-order valence-electron chi connectivity index (χ3n) is 7.08. The van der Waals surface area contributed by atoms with E-state index in [0.717, 1.165) is 21.8 Å². The van der Waals surface area contributed by atoms with Crippen LogP contribution in [-0.2, 0) is 36.7 Å².